The third-order valence-corrected chi connectivity index (χ3v) is 3.07. The topological polar surface area (TPSA) is 50.4 Å². The van der Waals surface area contributed by atoms with E-state index in [-0.39, 0.29) is 24.0 Å². The van der Waals surface area contributed by atoms with Crippen LogP contribution in [0.25, 0.3) is 0 Å². The van der Waals surface area contributed by atoms with Crippen molar-refractivity contribution in [1.29, 1.82) is 0 Å². The van der Waals surface area contributed by atoms with E-state index in [0.717, 1.165) is 18.1 Å². The molecule has 1 aromatic carbocycles. The Morgan fingerprint density at radius 1 is 1.33 bits per heavy atom. The minimum absolute atomic E-state index is 0. The number of rotatable bonds is 6. The number of thioether (sulfide) groups is 1. The van der Waals surface area contributed by atoms with Crippen LogP contribution in [0.15, 0.2) is 35.3 Å². The first-order chi connectivity index (χ1) is 8.18. The van der Waals surface area contributed by atoms with Crippen LogP contribution in [-0.4, -0.2) is 24.3 Å². The van der Waals surface area contributed by atoms with Crippen molar-refractivity contribution in [1.82, 2.24) is 5.32 Å². The fourth-order valence-electron chi connectivity index (χ4n) is 1.34. The van der Waals surface area contributed by atoms with Gasteiger partial charge in [0.2, 0.25) is 0 Å². The van der Waals surface area contributed by atoms with E-state index >= 15 is 0 Å². The summed E-state index contributed by atoms with van der Waals surface area (Å²) in [6, 6.07) is 10.8. The van der Waals surface area contributed by atoms with Crippen molar-refractivity contribution in [3.8, 4) is 0 Å². The van der Waals surface area contributed by atoms with Crippen LogP contribution in [0.2, 0.25) is 0 Å². The van der Waals surface area contributed by atoms with Gasteiger partial charge in [0.15, 0.2) is 5.96 Å². The van der Waals surface area contributed by atoms with Gasteiger partial charge in [0.1, 0.15) is 0 Å². The fraction of sp³-hybridized carbons (Fsp3) is 0.462. The molecule has 0 bridgehead atoms. The molecule has 0 heterocycles. The summed E-state index contributed by atoms with van der Waals surface area (Å²) >= 11 is 1.88. The van der Waals surface area contributed by atoms with Crippen LogP contribution in [0.1, 0.15) is 19.4 Å². The maximum absolute atomic E-state index is 5.70. The molecule has 3 nitrogen and oxygen atoms in total. The first-order valence-corrected chi connectivity index (χ1v) is 7.02. The Balaban J connectivity index is 0.00000289. The number of halogens is 1. The summed E-state index contributed by atoms with van der Waals surface area (Å²) in [4.78, 5) is 4.26. The predicted octanol–water partition coefficient (Wildman–Crippen LogP) is 2.85. The quantitative estimate of drug-likeness (QED) is 0.346. The second-order valence-corrected chi connectivity index (χ2v) is 5.21. The number of hydrogen-bond donors (Lipinski definition) is 2. The highest BCUT2D eigenvalue weighted by molar-refractivity contribution is 14.0. The number of nitrogens with two attached hydrogens (primary N) is 1. The monoisotopic (exact) mass is 379 g/mol. The average Bonchev–Trinajstić information content (AvgIpc) is 2.29. The van der Waals surface area contributed by atoms with E-state index < -0.39 is 0 Å². The van der Waals surface area contributed by atoms with Gasteiger partial charge in [0.05, 0.1) is 6.54 Å². The molecule has 0 saturated carbocycles. The lowest BCUT2D eigenvalue weighted by molar-refractivity contribution is 0.725. The minimum atomic E-state index is 0. The zero-order chi connectivity index (χ0) is 12.5. The van der Waals surface area contributed by atoms with E-state index in [1.54, 1.807) is 0 Å². The SMILES string of the molecule is CC(C)NC(N)=NCCSCc1ccccc1.I. The number of aliphatic imine (C=N–C) groups is 1. The molecule has 0 amide bonds. The molecule has 0 spiro atoms. The van der Waals surface area contributed by atoms with Gasteiger partial charge in [-0.2, -0.15) is 11.8 Å². The van der Waals surface area contributed by atoms with Crippen LogP contribution in [0.4, 0.5) is 0 Å². The first kappa shape index (κ1) is 17.6. The minimum Gasteiger partial charge on any atom is -0.370 e. The smallest absolute Gasteiger partial charge is 0.188 e. The summed E-state index contributed by atoms with van der Waals surface area (Å²) in [5.74, 6) is 2.57. The van der Waals surface area contributed by atoms with Crippen LogP contribution in [-0.2, 0) is 5.75 Å². The Labute approximate surface area is 131 Å². The van der Waals surface area contributed by atoms with E-state index in [1.807, 2.05) is 31.7 Å². The molecule has 102 valence electrons. The number of nitrogens with one attached hydrogen (secondary N) is 1. The van der Waals surface area contributed by atoms with Gasteiger partial charge in [-0.3, -0.25) is 4.99 Å². The summed E-state index contributed by atoms with van der Waals surface area (Å²) < 4.78 is 0. The third-order valence-electron chi connectivity index (χ3n) is 2.07. The molecule has 0 unspecified atom stereocenters. The van der Waals surface area contributed by atoms with E-state index in [2.05, 4.69) is 34.6 Å². The molecule has 0 aromatic heterocycles. The van der Waals surface area contributed by atoms with Gasteiger partial charge < -0.3 is 11.1 Å². The fourth-order valence-corrected chi connectivity index (χ4v) is 2.13. The second-order valence-electron chi connectivity index (χ2n) is 4.10. The van der Waals surface area contributed by atoms with E-state index in [0.29, 0.717) is 12.0 Å². The number of hydrogen-bond acceptors (Lipinski definition) is 2. The molecule has 0 aliphatic heterocycles. The van der Waals surface area contributed by atoms with Gasteiger partial charge in [-0.15, -0.1) is 24.0 Å². The van der Waals surface area contributed by atoms with Gasteiger partial charge in [-0.25, -0.2) is 0 Å². The molecule has 1 rings (SSSR count). The van der Waals surface area contributed by atoms with E-state index in [9.17, 15) is 0 Å². The van der Waals surface area contributed by atoms with Gasteiger partial charge in [-0.1, -0.05) is 30.3 Å². The van der Waals surface area contributed by atoms with Crippen LogP contribution in [0, 0.1) is 0 Å². The number of benzene rings is 1. The van der Waals surface area contributed by atoms with E-state index in [1.165, 1.54) is 5.56 Å². The Morgan fingerprint density at radius 2 is 2.00 bits per heavy atom. The van der Waals surface area contributed by atoms with Gasteiger partial charge >= 0.3 is 0 Å². The zero-order valence-electron chi connectivity index (χ0n) is 10.9. The normalized spacial score (nSPS) is 11.2. The maximum atomic E-state index is 5.70. The van der Waals surface area contributed by atoms with Crippen molar-refractivity contribution in [2.45, 2.75) is 25.6 Å². The highest BCUT2D eigenvalue weighted by Gasteiger charge is 1.95. The van der Waals surface area contributed by atoms with Crippen LogP contribution in [0.3, 0.4) is 0 Å². The second kappa shape index (κ2) is 10.5. The molecule has 5 heteroatoms. The van der Waals surface area contributed by atoms with Crippen LogP contribution in [0.5, 0.6) is 0 Å². The summed E-state index contributed by atoms with van der Waals surface area (Å²) in [6.45, 7) is 4.86. The zero-order valence-corrected chi connectivity index (χ0v) is 14.1. The average molecular weight is 379 g/mol. The van der Waals surface area contributed by atoms with Crippen molar-refractivity contribution in [3.63, 3.8) is 0 Å². The maximum Gasteiger partial charge on any atom is 0.188 e. The lowest BCUT2D eigenvalue weighted by Gasteiger charge is -2.08. The Kier molecular flexibility index (Phi) is 10.2. The standard InChI is InChI=1S/C13H21N3S.HI/c1-11(2)16-13(14)15-8-9-17-10-12-6-4-3-5-7-12;/h3-7,11H,8-10H2,1-2H3,(H3,14,15,16);1H. The molecular weight excluding hydrogens is 357 g/mol. The first-order valence-electron chi connectivity index (χ1n) is 5.86. The number of guanidine groups is 1. The molecule has 0 fully saturated rings. The van der Waals surface area contributed by atoms with Crippen molar-refractivity contribution in [2.24, 2.45) is 10.7 Å². The Hall–Kier alpha value is -0.430. The summed E-state index contributed by atoms with van der Waals surface area (Å²) in [7, 11) is 0. The lowest BCUT2D eigenvalue weighted by Crippen LogP contribution is -2.36. The summed E-state index contributed by atoms with van der Waals surface area (Å²) in [5, 5.41) is 3.07. The lowest BCUT2D eigenvalue weighted by atomic mass is 10.2. The van der Waals surface area contributed by atoms with Gasteiger partial charge in [0.25, 0.3) is 0 Å². The molecule has 0 aliphatic carbocycles. The molecule has 18 heavy (non-hydrogen) atoms. The third kappa shape index (κ3) is 8.63. The largest absolute Gasteiger partial charge is 0.370 e. The Bertz CT molecular complexity index is 341. The van der Waals surface area contributed by atoms with Crippen molar-refractivity contribution in [2.75, 3.05) is 12.3 Å². The molecule has 0 aliphatic rings. The molecule has 0 radical (unpaired) electrons. The Morgan fingerprint density at radius 3 is 2.61 bits per heavy atom. The highest BCUT2D eigenvalue weighted by atomic mass is 127. The molecule has 0 saturated heterocycles. The van der Waals surface area contributed by atoms with E-state index in [4.69, 9.17) is 5.73 Å². The highest BCUT2D eigenvalue weighted by Crippen LogP contribution is 2.10. The number of nitrogens with zero attached hydrogens (tertiary/aromatic N) is 1. The van der Waals surface area contributed by atoms with Crippen LogP contribution < -0.4 is 11.1 Å². The van der Waals surface area contributed by atoms with Crippen molar-refractivity contribution < 1.29 is 0 Å². The summed E-state index contributed by atoms with van der Waals surface area (Å²) in [5.41, 5.74) is 7.05. The molecular formula is C13H22IN3S. The van der Waals surface area contributed by atoms with Crippen LogP contribution >= 0.6 is 35.7 Å². The van der Waals surface area contributed by atoms with Crippen molar-refractivity contribution >= 4 is 41.7 Å². The summed E-state index contributed by atoms with van der Waals surface area (Å²) in [6.07, 6.45) is 0. The van der Waals surface area contributed by atoms with Gasteiger partial charge in [0, 0.05) is 17.5 Å². The van der Waals surface area contributed by atoms with Gasteiger partial charge in [-0.05, 0) is 19.4 Å². The molecule has 3 N–H and O–H groups in total. The van der Waals surface area contributed by atoms with Crippen molar-refractivity contribution in [3.05, 3.63) is 35.9 Å². The predicted molar refractivity (Wildman–Crippen MR) is 92.8 cm³/mol. The molecule has 1 aromatic rings. The molecule has 0 atom stereocenters.